The van der Waals surface area contributed by atoms with Crippen LogP contribution in [0.5, 0.6) is 0 Å². The Morgan fingerprint density at radius 2 is 1.70 bits per heavy atom. The average molecular weight is 293 g/mol. The number of halogens is 1. The van der Waals surface area contributed by atoms with Crippen molar-refractivity contribution >= 4 is 23.4 Å². The molecule has 1 N–H and O–H groups in total. The largest absolute Gasteiger partial charge is 0.344 e. The fourth-order valence-electron chi connectivity index (χ4n) is 1.56. The van der Waals surface area contributed by atoms with E-state index in [2.05, 4.69) is 18.5 Å². The molecule has 0 fully saturated rings. The van der Waals surface area contributed by atoms with Gasteiger partial charge in [-0.2, -0.15) is 0 Å². The SMILES string of the molecule is C=CCN(CC=C)C(=O)C(=O)NCc1ccc(Cl)cc1. The molecule has 5 heteroatoms. The Balaban J connectivity index is 2.56. The minimum atomic E-state index is -0.649. The lowest BCUT2D eigenvalue weighted by Crippen LogP contribution is -2.42. The number of rotatable bonds is 6. The summed E-state index contributed by atoms with van der Waals surface area (Å²) in [5.74, 6) is -1.25. The molecule has 0 atom stereocenters. The molecule has 1 aromatic carbocycles. The first-order valence-electron chi connectivity index (χ1n) is 6.11. The second-order valence-corrected chi connectivity index (χ2v) is 4.53. The van der Waals surface area contributed by atoms with Gasteiger partial charge in [-0.15, -0.1) is 13.2 Å². The lowest BCUT2D eigenvalue weighted by atomic mass is 10.2. The summed E-state index contributed by atoms with van der Waals surface area (Å²) in [6.07, 6.45) is 3.13. The molecule has 0 aromatic heterocycles. The zero-order valence-electron chi connectivity index (χ0n) is 11.1. The molecule has 1 aromatic rings. The molecule has 0 bridgehead atoms. The maximum absolute atomic E-state index is 11.9. The minimum Gasteiger partial charge on any atom is -0.344 e. The standard InChI is InChI=1S/C15H17ClN2O2/c1-3-9-18(10-4-2)15(20)14(19)17-11-12-5-7-13(16)8-6-12/h3-8H,1-2,9-11H2,(H,17,19). The second-order valence-electron chi connectivity index (χ2n) is 4.10. The summed E-state index contributed by atoms with van der Waals surface area (Å²) in [7, 11) is 0. The van der Waals surface area contributed by atoms with E-state index in [1.165, 1.54) is 4.90 Å². The number of amides is 2. The number of carbonyl (C=O) groups is 2. The van der Waals surface area contributed by atoms with Crippen molar-refractivity contribution in [2.45, 2.75) is 6.54 Å². The van der Waals surface area contributed by atoms with E-state index < -0.39 is 11.8 Å². The molecule has 106 valence electrons. The van der Waals surface area contributed by atoms with Gasteiger partial charge in [-0.1, -0.05) is 35.9 Å². The van der Waals surface area contributed by atoms with Crippen LogP contribution in [0.3, 0.4) is 0 Å². The quantitative estimate of drug-likeness (QED) is 0.645. The van der Waals surface area contributed by atoms with Crippen molar-refractivity contribution in [3.05, 3.63) is 60.2 Å². The molecule has 20 heavy (non-hydrogen) atoms. The van der Waals surface area contributed by atoms with Crippen LogP contribution in [0.2, 0.25) is 5.02 Å². The van der Waals surface area contributed by atoms with Gasteiger partial charge in [0.25, 0.3) is 0 Å². The number of nitrogens with zero attached hydrogens (tertiary/aromatic N) is 1. The topological polar surface area (TPSA) is 49.4 Å². The van der Waals surface area contributed by atoms with E-state index in [0.717, 1.165) is 5.56 Å². The van der Waals surface area contributed by atoms with Crippen molar-refractivity contribution in [1.29, 1.82) is 0 Å². The van der Waals surface area contributed by atoms with Gasteiger partial charge in [0.1, 0.15) is 0 Å². The van der Waals surface area contributed by atoms with Crippen LogP contribution in [-0.4, -0.2) is 29.8 Å². The lowest BCUT2D eigenvalue weighted by molar-refractivity contribution is -0.145. The summed E-state index contributed by atoms with van der Waals surface area (Å²) in [6, 6.07) is 7.04. The van der Waals surface area contributed by atoms with E-state index >= 15 is 0 Å². The molecule has 4 nitrogen and oxygen atoms in total. The predicted molar refractivity (Wildman–Crippen MR) is 80.3 cm³/mol. The van der Waals surface area contributed by atoms with E-state index in [1.54, 1.807) is 36.4 Å². The summed E-state index contributed by atoms with van der Waals surface area (Å²) in [5, 5.41) is 3.20. The zero-order chi connectivity index (χ0) is 15.0. The smallest absolute Gasteiger partial charge is 0.312 e. The second kappa shape index (κ2) is 8.17. The zero-order valence-corrected chi connectivity index (χ0v) is 11.9. The van der Waals surface area contributed by atoms with E-state index in [4.69, 9.17) is 11.6 Å². The minimum absolute atomic E-state index is 0.276. The van der Waals surface area contributed by atoms with Crippen molar-refractivity contribution in [1.82, 2.24) is 10.2 Å². The van der Waals surface area contributed by atoms with Crippen LogP contribution in [0.4, 0.5) is 0 Å². The van der Waals surface area contributed by atoms with Crippen molar-refractivity contribution in [2.75, 3.05) is 13.1 Å². The Kier molecular flexibility index (Phi) is 6.53. The third-order valence-corrected chi connectivity index (χ3v) is 2.80. The predicted octanol–water partition coefficient (Wildman–Crippen LogP) is 2.16. The summed E-state index contributed by atoms with van der Waals surface area (Å²) in [4.78, 5) is 25.0. The van der Waals surface area contributed by atoms with Gasteiger partial charge in [-0.05, 0) is 17.7 Å². The van der Waals surface area contributed by atoms with Crippen LogP contribution in [-0.2, 0) is 16.1 Å². The fraction of sp³-hybridized carbons (Fsp3) is 0.200. The van der Waals surface area contributed by atoms with Gasteiger partial charge in [0.15, 0.2) is 0 Å². The Morgan fingerprint density at radius 3 is 2.20 bits per heavy atom. The van der Waals surface area contributed by atoms with Gasteiger partial charge in [-0.3, -0.25) is 9.59 Å². The molecule has 0 radical (unpaired) electrons. The van der Waals surface area contributed by atoms with Crippen LogP contribution in [0.25, 0.3) is 0 Å². The normalized spacial score (nSPS) is 9.65. The van der Waals surface area contributed by atoms with Crippen LogP contribution >= 0.6 is 11.6 Å². The molecular formula is C15H17ClN2O2. The molecule has 0 aliphatic carbocycles. The first-order valence-corrected chi connectivity index (χ1v) is 6.49. The van der Waals surface area contributed by atoms with Crippen LogP contribution in [0.15, 0.2) is 49.6 Å². The number of hydrogen-bond acceptors (Lipinski definition) is 2. The van der Waals surface area contributed by atoms with Crippen molar-refractivity contribution in [2.24, 2.45) is 0 Å². The maximum atomic E-state index is 11.9. The van der Waals surface area contributed by atoms with E-state index in [0.29, 0.717) is 18.1 Å². The highest BCUT2D eigenvalue weighted by Crippen LogP contribution is 2.09. The molecule has 2 amide bonds. The summed E-state index contributed by atoms with van der Waals surface area (Å²) in [6.45, 7) is 7.99. The molecule has 0 saturated carbocycles. The highest BCUT2D eigenvalue weighted by Gasteiger charge is 2.19. The van der Waals surface area contributed by atoms with E-state index in [1.807, 2.05) is 0 Å². The summed E-state index contributed by atoms with van der Waals surface area (Å²) < 4.78 is 0. The Morgan fingerprint density at radius 1 is 1.15 bits per heavy atom. The van der Waals surface area contributed by atoms with E-state index in [9.17, 15) is 9.59 Å². The number of carbonyl (C=O) groups excluding carboxylic acids is 2. The molecule has 0 aliphatic rings. The molecular weight excluding hydrogens is 276 g/mol. The summed E-state index contributed by atoms with van der Waals surface area (Å²) in [5.41, 5.74) is 0.870. The molecule has 0 saturated heterocycles. The van der Waals surface area contributed by atoms with E-state index in [-0.39, 0.29) is 6.54 Å². The number of nitrogens with one attached hydrogen (secondary N) is 1. The van der Waals surface area contributed by atoms with Gasteiger partial charge in [-0.25, -0.2) is 0 Å². The van der Waals surface area contributed by atoms with Crippen molar-refractivity contribution in [3.8, 4) is 0 Å². The molecule has 0 unspecified atom stereocenters. The Hall–Kier alpha value is -2.07. The van der Waals surface area contributed by atoms with Crippen LogP contribution < -0.4 is 5.32 Å². The number of hydrogen-bond donors (Lipinski definition) is 1. The van der Waals surface area contributed by atoms with Crippen molar-refractivity contribution < 1.29 is 9.59 Å². The van der Waals surface area contributed by atoms with Gasteiger partial charge < -0.3 is 10.2 Å². The Labute approximate surface area is 123 Å². The summed E-state index contributed by atoms with van der Waals surface area (Å²) >= 11 is 5.77. The third-order valence-electron chi connectivity index (χ3n) is 2.55. The monoisotopic (exact) mass is 292 g/mol. The molecule has 0 aliphatic heterocycles. The molecule has 0 heterocycles. The van der Waals surface area contributed by atoms with Gasteiger partial charge in [0.05, 0.1) is 0 Å². The van der Waals surface area contributed by atoms with Crippen LogP contribution in [0, 0.1) is 0 Å². The lowest BCUT2D eigenvalue weighted by Gasteiger charge is -2.18. The third kappa shape index (κ3) is 4.90. The van der Waals surface area contributed by atoms with Gasteiger partial charge in [0, 0.05) is 24.7 Å². The fourth-order valence-corrected chi connectivity index (χ4v) is 1.68. The number of benzene rings is 1. The molecule has 1 rings (SSSR count). The Bertz CT molecular complexity index is 487. The maximum Gasteiger partial charge on any atom is 0.312 e. The first-order chi connectivity index (χ1) is 9.58. The average Bonchev–Trinajstić information content (AvgIpc) is 2.45. The van der Waals surface area contributed by atoms with Gasteiger partial charge in [0.2, 0.25) is 0 Å². The highest BCUT2D eigenvalue weighted by atomic mass is 35.5. The first kappa shape index (κ1) is 16.0. The molecule has 0 spiro atoms. The van der Waals surface area contributed by atoms with Crippen LogP contribution in [0.1, 0.15) is 5.56 Å². The van der Waals surface area contributed by atoms with Gasteiger partial charge >= 0.3 is 11.8 Å². The van der Waals surface area contributed by atoms with Crippen molar-refractivity contribution in [3.63, 3.8) is 0 Å². The highest BCUT2D eigenvalue weighted by molar-refractivity contribution is 6.35.